The van der Waals surface area contributed by atoms with Crippen LogP contribution in [0.25, 0.3) is 0 Å². The molecule has 21 heavy (non-hydrogen) atoms. The molecule has 1 saturated heterocycles. The van der Waals surface area contributed by atoms with Crippen molar-refractivity contribution in [3.05, 3.63) is 0 Å². The van der Waals surface area contributed by atoms with E-state index in [2.05, 4.69) is 5.32 Å². The molecule has 116 valence electrons. The lowest BCUT2D eigenvalue weighted by Gasteiger charge is -2.39. The van der Waals surface area contributed by atoms with Crippen molar-refractivity contribution >= 4 is 17.8 Å². The number of fused-ring (bicyclic) bond motifs is 2. The molecular weight excluding hydrogens is 268 g/mol. The Hall–Kier alpha value is -1.39. The summed E-state index contributed by atoms with van der Waals surface area (Å²) in [6, 6.07) is -0.618. The average Bonchev–Trinajstić information content (AvgIpc) is 3.05. The molecule has 0 aromatic rings. The fourth-order valence-corrected chi connectivity index (χ4v) is 4.64. The molecule has 1 aliphatic heterocycles. The summed E-state index contributed by atoms with van der Waals surface area (Å²) >= 11 is 0. The van der Waals surface area contributed by atoms with Crippen LogP contribution in [0.3, 0.4) is 0 Å². The monoisotopic (exact) mass is 292 g/mol. The molecule has 0 aromatic heterocycles. The summed E-state index contributed by atoms with van der Waals surface area (Å²) in [5.41, 5.74) is 0. The van der Waals surface area contributed by atoms with E-state index < -0.39 is 17.9 Å². The Morgan fingerprint density at radius 1 is 1.24 bits per heavy atom. The first kappa shape index (κ1) is 14.5. The predicted molar refractivity (Wildman–Crippen MR) is 77.2 cm³/mol. The number of hydrogen-bond donors (Lipinski definition) is 1. The van der Waals surface area contributed by atoms with E-state index in [0.29, 0.717) is 18.3 Å². The number of barbiturate groups is 1. The van der Waals surface area contributed by atoms with Crippen molar-refractivity contribution in [2.24, 2.45) is 23.7 Å². The molecule has 0 radical (unpaired) electrons. The molecule has 2 saturated carbocycles. The van der Waals surface area contributed by atoms with Gasteiger partial charge < -0.3 is 0 Å². The maximum atomic E-state index is 12.6. The SMILES string of the molecule is CCCC1C(=O)NC(=O)N(C(C)C2CC3CCC2C3)C1=O. The number of amides is 4. The third kappa shape index (κ3) is 2.36. The highest BCUT2D eigenvalue weighted by Gasteiger charge is 2.48. The van der Waals surface area contributed by atoms with Crippen LogP contribution in [0.15, 0.2) is 0 Å². The lowest BCUT2D eigenvalue weighted by molar-refractivity contribution is -0.145. The zero-order valence-electron chi connectivity index (χ0n) is 12.8. The molecule has 3 aliphatic rings. The minimum Gasteiger partial charge on any atom is -0.277 e. The van der Waals surface area contributed by atoms with Gasteiger partial charge in [-0.15, -0.1) is 0 Å². The van der Waals surface area contributed by atoms with E-state index >= 15 is 0 Å². The summed E-state index contributed by atoms with van der Waals surface area (Å²) in [4.78, 5) is 37.9. The van der Waals surface area contributed by atoms with Gasteiger partial charge in [0.2, 0.25) is 11.8 Å². The second-order valence-electron chi connectivity index (χ2n) is 6.92. The number of carbonyl (C=O) groups excluding carboxylic acids is 3. The average molecular weight is 292 g/mol. The van der Waals surface area contributed by atoms with Crippen molar-refractivity contribution in [3.8, 4) is 0 Å². The molecule has 1 heterocycles. The van der Waals surface area contributed by atoms with Crippen molar-refractivity contribution in [2.45, 2.75) is 58.4 Å². The number of urea groups is 1. The second kappa shape index (κ2) is 5.43. The molecule has 5 heteroatoms. The summed E-state index contributed by atoms with van der Waals surface area (Å²) in [7, 11) is 0. The molecule has 3 fully saturated rings. The number of hydrogen-bond acceptors (Lipinski definition) is 3. The van der Waals surface area contributed by atoms with Crippen molar-refractivity contribution < 1.29 is 14.4 Å². The normalized spacial score (nSPS) is 37.0. The zero-order valence-corrected chi connectivity index (χ0v) is 12.8. The van der Waals surface area contributed by atoms with Crippen LogP contribution in [0.2, 0.25) is 0 Å². The molecule has 0 spiro atoms. The summed E-state index contributed by atoms with van der Waals surface area (Å²) < 4.78 is 0. The van der Waals surface area contributed by atoms with Crippen LogP contribution in [0.4, 0.5) is 4.79 Å². The van der Waals surface area contributed by atoms with Crippen LogP contribution in [0, 0.1) is 23.7 Å². The van der Waals surface area contributed by atoms with Crippen LogP contribution in [-0.4, -0.2) is 28.8 Å². The Labute approximate surface area is 125 Å². The highest BCUT2D eigenvalue weighted by molar-refractivity contribution is 6.16. The quantitative estimate of drug-likeness (QED) is 0.809. The summed E-state index contributed by atoms with van der Waals surface area (Å²) in [6.07, 6.45) is 6.16. The standard InChI is InChI=1S/C16H24N2O3/c1-3-4-12-14(19)17-16(21)18(15(12)20)9(2)13-8-10-5-6-11(13)7-10/h9-13H,3-8H2,1-2H3,(H,17,19,21). The lowest BCUT2D eigenvalue weighted by atomic mass is 9.82. The maximum absolute atomic E-state index is 12.6. The van der Waals surface area contributed by atoms with Gasteiger partial charge in [-0.1, -0.05) is 19.8 Å². The van der Waals surface area contributed by atoms with Gasteiger partial charge in [-0.2, -0.15) is 0 Å². The van der Waals surface area contributed by atoms with E-state index in [0.717, 1.165) is 18.8 Å². The zero-order chi connectivity index (χ0) is 15.1. The highest BCUT2D eigenvalue weighted by atomic mass is 16.2. The summed E-state index contributed by atoms with van der Waals surface area (Å²) in [6.45, 7) is 3.92. The molecule has 3 rings (SSSR count). The third-order valence-electron chi connectivity index (χ3n) is 5.70. The molecule has 5 atom stereocenters. The molecule has 5 unspecified atom stereocenters. The van der Waals surface area contributed by atoms with Gasteiger partial charge in [0.05, 0.1) is 0 Å². The van der Waals surface area contributed by atoms with E-state index in [-0.39, 0.29) is 11.9 Å². The van der Waals surface area contributed by atoms with Crippen LogP contribution in [0.1, 0.15) is 52.4 Å². The van der Waals surface area contributed by atoms with E-state index in [4.69, 9.17) is 0 Å². The fourth-order valence-electron chi connectivity index (χ4n) is 4.64. The Kier molecular flexibility index (Phi) is 3.76. The molecule has 4 amide bonds. The van der Waals surface area contributed by atoms with E-state index in [1.54, 1.807) is 0 Å². The molecule has 1 N–H and O–H groups in total. The number of rotatable bonds is 4. The minimum atomic E-state index is -0.686. The number of carbonyl (C=O) groups is 3. The number of nitrogens with zero attached hydrogens (tertiary/aromatic N) is 1. The van der Waals surface area contributed by atoms with Gasteiger partial charge in [0, 0.05) is 6.04 Å². The van der Waals surface area contributed by atoms with Crippen molar-refractivity contribution in [2.75, 3.05) is 0 Å². The van der Waals surface area contributed by atoms with Gasteiger partial charge in [-0.05, 0) is 50.4 Å². The Morgan fingerprint density at radius 2 is 2.00 bits per heavy atom. The van der Waals surface area contributed by atoms with Crippen molar-refractivity contribution in [1.82, 2.24) is 10.2 Å². The number of imide groups is 2. The first-order valence-electron chi connectivity index (χ1n) is 8.20. The van der Waals surface area contributed by atoms with Crippen LogP contribution < -0.4 is 5.32 Å². The Bertz CT molecular complexity index is 476. The maximum Gasteiger partial charge on any atom is 0.331 e. The molecule has 2 bridgehead atoms. The molecule has 0 aromatic carbocycles. The van der Waals surface area contributed by atoms with E-state index in [1.807, 2.05) is 13.8 Å². The Morgan fingerprint density at radius 3 is 2.57 bits per heavy atom. The minimum absolute atomic E-state index is 0.0970. The summed E-state index contributed by atoms with van der Waals surface area (Å²) in [5, 5.41) is 2.37. The smallest absolute Gasteiger partial charge is 0.277 e. The van der Waals surface area contributed by atoms with Gasteiger partial charge in [-0.25, -0.2) is 4.79 Å². The second-order valence-corrected chi connectivity index (χ2v) is 6.92. The van der Waals surface area contributed by atoms with E-state index in [9.17, 15) is 14.4 Å². The van der Waals surface area contributed by atoms with Crippen molar-refractivity contribution in [3.63, 3.8) is 0 Å². The first-order valence-corrected chi connectivity index (χ1v) is 8.20. The highest BCUT2D eigenvalue weighted by Crippen LogP contribution is 2.50. The van der Waals surface area contributed by atoms with Gasteiger partial charge in [0.1, 0.15) is 5.92 Å². The van der Waals surface area contributed by atoms with E-state index in [1.165, 1.54) is 24.2 Å². The van der Waals surface area contributed by atoms with Gasteiger partial charge in [0.15, 0.2) is 0 Å². The predicted octanol–water partition coefficient (Wildman–Crippen LogP) is 2.31. The van der Waals surface area contributed by atoms with Crippen LogP contribution >= 0.6 is 0 Å². The molecular formula is C16H24N2O3. The van der Waals surface area contributed by atoms with Crippen molar-refractivity contribution in [1.29, 1.82) is 0 Å². The van der Waals surface area contributed by atoms with Gasteiger partial charge in [-0.3, -0.25) is 19.8 Å². The molecule has 5 nitrogen and oxygen atoms in total. The largest absolute Gasteiger partial charge is 0.331 e. The van der Waals surface area contributed by atoms with Gasteiger partial charge in [0.25, 0.3) is 0 Å². The molecule has 2 aliphatic carbocycles. The topological polar surface area (TPSA) is 66.5 Å². The van der Waals surface area contributed by atoms with Crippen LogP contribution in [-0.2, 0) is 9.59 Å². The van der Waals surface area contributed by atoms with Gasteiger partial charge >= 0.3 is 6.03 Å². The summed E-state index contributed by atoms with van der Waals surface area (Å²) in [5.74, 6) is 0.429. The Balaban J connectivity index is 1.77. The van der Waals surface area contributed by atoms with Crippen LogP contribution in [0.5, 0.6) is 0 Å². The lowest BCUT2D eigenvalue weighted by Crippen LogP contribution is -2.61. The fraction of sp³-hybridized carbons (Fsp3) is 0.812. The number of nitrogens with one attached hydrogen (secondary N) is 1. The first-order chi connectivity index (χ1) is 10.0. The third-order valence-corrected chi connectivity index (χ3v) is 5.70.